The largest absolute Gasteiger partial charge is 0.382 e. The summed E-state index contributed by atoms with van der Waals surface area (Å²) in [5.41, 5.74) is 5.73. The number of sulfone groups is 1. The molecule has 90 valence electrons. The Labute approximate surface area is 107 Å². The molecule has 0 aliphatic carbocycles. The van der Waals surface area contributed by atoms with Crippen molar-refractivity contribution in [2.45, 2.75) is 4.90 Å². The molecule has 0 aromatic carbocycles. The molecule has 17 heavy (non-hydrogen) atoms. The Morgan fingerprint density at radius 1 is 1.35 bits per heavy atom. The first-order valence-electron chi connectivity index (χ1n) is 4.55. The van der Waals surface area contributed by atoms with Crippen molar-refractivity contribution in [2.75, 3.05) is 12.0 Å². The molecular weight excluding hydrogens is 308 g/mol. The van der Waals surface area contributed by atoms with Crippen LogP contribution in [0.2, 0.25) is 0 Å². The van der Waals surface area contributed by atoms with E-state index in [0.29, 0.717) is 5.82 Å². The van der Waals surface area contributed by atoms with Crippen molar-refractivity contribution in [1.82, 2.24) is 14.8 Å². The van der Waals surface area contributed by atoms with E-state index in [2.05, 4.69) is 26.0 Å². The first-order valence-corrected chi connectivity index (χ1v) is 7.23. The lowest BCUT2D eigenvalue weighted by Crippen LogP contribution is -2.06. The van der Waals surface area contributed by atoms with Crippen molar-refractivity contribution in [1.29, 1.82) is 0 Å². The van der Waals surface area contributed by atoms with Crippen LogP contribution in [0.3, 0.4) is 0 Å². The third-order valence-corrected chi connectivity index (χ3v) is 3.68. The van der Waals surface area contributed by atoms with Crippen molar-refractivity contribution in [3.05, 3.63) is 29.0 Å². The van der Waals surface area contributed by atoms with Crippen LogP contribution in [0.15, 0.2) is 33.9 Å². The Balaban J connectivity index is 2.55. The van der Waals surface area contributed by atoms with Gasteiger partial charge in [0.05, 0.1) is 6.20 Å². The van der Waals surface area contributed by atoms with Crippen LogP contribution in [0.25, 0.3) is 5.82 Å². The van der Waals surface area contributed by atoms with Crippen LogP contribution in [0.1, 0.15) is 0 Å². The lowest BCUT2D eigenvalue weighted by molar-refractivity contribution is 0.602. The minimum atomic E-state index is -3.37. The van der Waals surface area contributed by atoms with Gasteiger partial charge in [0.2, 0.25) is 0 Å². The van der Waals surface area contributed by atoms with E-state index in [9.17, 15) is 8.42 Å². The molecule has 0 unspecified atom stereocenters. The molecule has 2 aromatic rings. The number of hydrogen-bond donors (Lipinski definition) is 1. The van der Waals surface area contributed by atoms with E-state index in [1.807, 2.05) is 0 Å². The highest BCUT2D eigenvalue weighted by Crippen LogP contribution is 2.20. The maximum absolute atomic E-state index is 11.4. The number of nitrogen functional groups attached to an aromatic ring is 1. The molecule has 2 N–H and O–H groups in total. The fraction of sp³-hybridized carbons (Fsp3) is 0.111. The number of pyridine rings is 1. The molecule has 0 saturated carbocycles. The summed E-state index contributed by atoms with van der Waals surface area (Å²) in [6.07, 6.45) is 3.88. The topological polar surface area (TPSA) is 90.9 Å². The highest BCUT2D eigenvalue weighted by molar-refractivity contribution is 9.10. The zero-order chi connectivity index (χ0) is 12.6. The smallest absolute Gasteiger partial charge is 0.180 e. The van der Waals surface area contributed by atoms with Gasteiger partial charge >= 0.3 is 0 Å². The van der Waals surface area contributed by atoms with E-state index >= 15 is 0 Å². The minimum absolute atomic E-state index is 0.00205. The highest BCUT2D eigenvalue weighted by Gasteiger charge is 2.17. The quantitative estimate of drug-likeness (QED) is 0.893. The van der Waals surface area contributed by atoms with Crippen molar-refractivity contribution in [2.24, 2.45) is 0 Å². The van der Waals surface area contributed by atoms with Gasteiger partial charge < -0.3 is 5.73 Å². The number of rotatable bonds is 2. The fourth-order valence-corrected chi connectivity index (χ4v) is 2.24. The zero-order valence-corrected chi connectivity index (χ0v) is 11.2. The normalized spacial score (nSPS) is 11.6. The maximum Gasteiger partial charge on any atom is 0.180 e. The molecule has 0 aliphatic heterocycles. The minimum Gasteiger partial charge on any atom is -0.382 e. The number of nitrogens with two attached hydrogens (primary N) is 1. The second kappa shape index (κ2) is 4.11. The van der Waals surface area contributed by atoms with Crippen LogP contribution < -0.4 is 5.73 Å². The van der Waals surface area contributed by atoms with Gasteiger partial charge in [-0.1, -0.05) is 0 Å². The van der Waals surface area contributed by atoms with Crippen molar-refractivity contribution in [3.63, 3.8) is 0 Å². The standard InChI is InChI=1S/C9H9BrN4O2S/c1-17(15,16)7-5-13-14(9(7)11)8-3-2-6(10)4-12-8/h2-5H,11H2,1H3. The van der Waals surface area contributed by atoms with E-state index in [0.717, 1.165) is 10.7 Å². The van der Waals surface area contributed by atoms with E-state index in [1.54, 1.807) is 18.3 Å². The molecule has 0 aliphatic rings. The maximum atomic E-state index is 11.4. The summed E-state index contributed by atoms with van der Waals surface area (Å²) in [6, 6.07) is 3.45. The predicted octanol–water partition coefficient (Wildman–Crippen LogP) is 1.02. The van der Waals surface area contributed by atoms with Gasteiger partial charge in [0.15, 0.2) is 15.7 Å². The van der Waals surface area contributed by atoms with E-state index in [1.165, 1.54) is 10.9 Å². The second-order valence-electron chi connectivity index (χ2n) is 3.41. The molecule has 0 radical (unpaired) electrons. The first kappa shape index (κ1) is 12.1. The lowest BCUT2D eigenvalue weighted by Gasteiger charge is -2.03. The van der Waals surface area contributed by atoms with Crippen LogP contribution in [0.4, 0.5) is 5.82 Å². The summed E-state index contributed by atoms with van der Waals surface area (Å²) in [6.45, 7) is 0. The van der Waals surface area contributed by atoms with Crippen LogP contribution in [-0.2, 0) is 9.84 Å². The number of aromatic nitrogens is 3. The van der Waals surface area contributed by atoms with Gasteiger partial charge in [-0.05, 0) is 28.1 Å². The fourth-order valence-electron chi connectivity index (χ4n) is 1.30. The Kier molecular flexibility index (Phi) is 2.92. The van der Waals surface area contributed by atoms with E-state index in [4.69, 9.17) is 5.73 Å². The van der Waals surface area contributed by atoms with Crippen molar-refractivity contribution in [3.8, 4) is 5.82 Å². The zero-order valence-electron chi connectivity index (χ0n) is 8.83. The Morgan fingerprint density at radius 3 is 2.53 bits per heavy atom. The lowest BCUT2D eigenvalue weighted by atomic mass is 10.4. The van der Waals surface area contributed by atoms with Crippen LogP contribution >= 0.6 is 15.9 Å². The molecule has 0 atom stereocenters. The number of hydrogen-bond acceptors (Lipinski definition) is 5. The predicted molar refractivity (Wildman–Crippen MR) is 66.6 cm³/mol. The van der Waals surface area contributed by atoms with Crippen LogP contribution in [0.5, 0.6) is 0 Å². The van der Waals surface area contributed by atoms with E-state index in [-0.39, 0.29) is 10.7 Å². The monoisotopic (exact) mass is 316 g/mol. The summed E-state index contributed by atoms with van der Waals surface area (Å²) in [7, 11) is -3.37. The van der Waals surface area contributed by atoms with E-state index < -0.39 is 9.84 Å². The van der Waals surface area contributed by atoms with Crippen LogP contribution in [-0.4, -0.2) is 29.4 Å². The van der Waals surface area contributed by atoms with Crippen molar-refractivity contribution >= 4 is 31.6 Å². The first-order chi connectivity index (χ1) is 7.89. The molecule has 0 saturated heterocycles. The average Bonchev–Trinajstić information content (AvgIpc) is 2.61. The number of anilines is 1. The molecule has 0 amide bonds. The van der Waals surface area contributed by atoms with Gasteiger partial charge in [0.1, 0.15) is 10.7 Å². The molecule has 8 heteroatoms. The van der Waals surface area contributed by atoms with Gasteiger partial charge in [-0.3, -0.25) is 0 Å². The molecule has 2 heterocycles. The van der Waals surface area contributed by atoms with Gasteiger partial charge in [-0.15, -0.1) is 0 Å². The number of nitrogens with zero attached hydrogens (tertiary/aromatic N) is 3. The molecular formula is C9H9BrN4O2S. The molecule has 0 fully saturated rings. The van der Waals surface area contributed by atoms with Gasteiger partial charge in [-0.25, -0.2) is 13.4 Å². The third-order valence-electron chi connectivity index (χ3n) is 2.10. The van der Waals surface area contributed by atoms with Gasteiger partial charge in [0, 0.05) is 16.9 Å². The molecule has 6 nitrogen and oxygen atoms in total. The van der Waals surface area contributed by atoms with Crippen LogP contribution in [0, 0.1) is 0 Å². The Morgan fingerprint density at radius 2 is 2.06 bits per heavy atom. The summed E-state index contributed by atoms with van der Waals surface area (Å²) in [4.78, 5) is 4.09. The summed E-state index contributed by atoms with van der Waals surface area (Å²) in [5, 5.41) is 3.92. The van der Waals surface area contributed by atoms with Crippen molar-refractivity contribution < 1.29 is 8.42 Å². The summed E-state index contributed by atoms with van der Waals surface area (Å²) < 4.78 is 24.9. The molecule has 0 spiro atoms. The Hall–Kier alpha value is -1.41. The second-order valence-corrected chi connectivity index (χ2v) is 6.31. The summed E-state index contributed by atoms with van der Waals surface area (Å²) >= 11 is 3.25. The third kappa shape index (κ3) is 2.32. The SMILES string of the molecule is CS(=O)(=O)c1cnn(-c2ccc(Br)cn2)c1N. The number of halogens is 1. The van der Waals surface area contributed by atoms with Gasteiger partial charge in [0.25, 0.3) is 0 Å². The molecule has 0 bridgehead atoms. The molecule has 2 aromatic heterocycles. The average molecular weight is 317 g/mol. The van der Waals surface area contributed by atoms with Gasteiger partial charge in [-0.2, -0.15) is 9.78 Å². The molecule has 2 rings (SSSR count). The Bertz CT molecular complexity index is 648. The highest BCUT2D eigenvalue weighted by atomic mass is 79.9. The summed E-state index contributed by atoms with van der Waals surface area (Å²) in [5.74, 6) is 0.517.